The van der Waals surface area contributed by atoms with Gasteiger partial charge in [-0.3, -0.25) is 4.79 Å². The van der Waals surface area contributed by atoms with Gasteiger partial charge in [-0.25, -0.2) is 0 Å². The summed E-state index contributed by atoms with van der Waals surface area (Å²) in [6.45, 7) is 1.72. The van der Waals surface area contributed by atoms with Gasteiger partial charge >= 0.3 is 0 Å². The monoisotopic (exact) mass is 272 g/mol. The van der Waals surface area contributed by atoms with E-state index in [9.17, 15) is 4.79 Å². The van der Waals surface area contributed by atoms with Gasteiger partial charge in [-0.15, -0.1) is 23.1 Å². The van der Waals surface area contributed by atoms with E-state index >= 15 is 0 Å². The fraction of sp³-hybridized carbons (Fsp3) is 0.500. The number of amides is 1. The van der Waals surface area contributed by atoms with E-state index in [1.165, 1.54) is 11.3 Å². The number of carbonyl (C=O) groups excluding carboxylic acids is 1. The Morgan fingerprint density at radius 1 is 1.59 bits per heavy atom. The molecule has 1 unspecified atom stereocenters. The van der Waals surface area contributed by atoms with Gasteiger partial charge in [-0.2, -0.15) is 0 Å². The number of anilines is 2. The van der Waals surface area contributed by atoms with Gasteiger partial charge in [0.05, 0.1) is 10.6 Å². The van der Waals surface area contributed by atoms with Crippen molar-refractivity contribution in [1.82, 2.24) is 0 Å². The number of hydrogen-bond acceptors (Lipinski definition) is 6. The Kier molecular flexibility index (Phi) is 3.50. The quantitative estimate of drug-likeness (QED) is 0.703. The average Bonchev–Trinajstić information content (AvgIpc) is 2.82. The van der Waals surface area contributed by atoms with Crippen molar-refractivity contribution >= 4 is 39.7 Å². The molecule has 1 amide bonds. The number of nitrogen functional groups attached to an aromatic ring is 1. The highest BCUT2D eigenvalue weighted by Crippen LogP contribution is 2.44. The number of hydrogen-bond donors (Lipinski definition) is 3. The van der Waals surface area contributed by atoms with Gasteiger partial charge in [0.2, 0.25) is 0 Å². The number of nitrogens with two attached hydrogens (primary N) is 3. The molecule has 94 valence electrons. The molecule has 0 bridgehead atoms. The molecular formula is C10H16N4OS2. The molecule has 1 aromatic heterocycles. The van der Waals surface area contributed by atoms with E-state index in [0.29, 0.717) is 10.6 Å². The zero-order valence-electron chi connectivity index (χ0n) is 9.60. The maximum absolute atomic E-state index is 11.3. The van der Waals surface area contributed by atoms with Crippen LogP contribution in [0, 0.1) is 0 Å². The first-order valence-electron chi connectivity index (χ1n) is 5.31. The van der Waals surface area contributed by atoms with E-state index in [-0.39, 0.29) is 6.04 Å². The molecule has 1 aliphatic rings. The fourth-order valence-corrected chi connectivity index (χ4v) is 4.05. The Bertz CT molecular complexity index is 446. The molecule has 0 spiro atoms. The second kappa shape index (κ2) is 4.75. The second-order valence-electron chi connectivity index (χ2n) is 4.04. The topological polar surface area (TPSA) is 98.4 Å². The van der Waals surface area contributed by atoms with Gasteiger partial charge in [-0.1, -0.05) is 0 Å². The summed E-state index contributed by atoms with van der Waals surface area (Å²) in [7, 11) is 0. The largest absolute Gasteiger partial charge is 0.396 e. The third kappa shape index (κ3) is 2.22. The summed E-state index contributed by atoms with van der Waals surface area (Å²) in [5, 5.41) is 1.02. The number of carbonyl (C=O) groups is 1. The smallest absolute Gasteiger partial charge is 0.261 e. The first kappa shape index (κ1) is 12.5. The van der Waals surface area contributed by atoms with Crippen LogP contribution in [0.25, 0.3) is 0 Å². The lowest BCUT2D eigenvalue weighted by Gasteiger charge is -2.17. The third-order valence-electron chi connectivity index (χ3n) is 2.82. The molecule has 1 atom stereocenters. The first-order valence-corrected chi connectivity index (χ1v) is 7.35. The van der Waals surface area contributed by atoms with Gasteiger partial charge in [0.1, 0.15) is 9.88 Å². The number of thioether (sulfide) groups is 1. The van der Waals surface area contributed by atoms with Crippen molar-refractivity contribution in [3.63, 3.8) is 0 Å². The molecule has 1 fully saturated rings. The predicted octanol–water partition coefficient (Wildman–Crippen LogP) is 0.689. The zero-order chi connectivity index (χ0) is 12.6. The van der Waals surface area contributed by atoms with Crippen molar-refractivity contribution in [2.75, 3.05) is 30.0 Å². The van der Waals surface area contributed by atoms with Gasteiger partial charge in [0, 0.05) is 19.1 Å². The van der Waals surface area contributed by atoms with Gasteiger partial charge < -0.3 is 22.1 Å². The fourth-order valence-electron chi connectivity index (χ4n) is 1.98. The van der Waals surface area contributed by atoms with Crippen LogP contribution in [-0.2, 0) is 0 Å². The van der Waals surface area contributed by atoms with Crippen LogP contribution in [0.3, 0.4) is 0 Å². The Morgan fingerprint density at radius 3 is 2.76 bits per heavy atom. The molecular weight excluding hydrogens is 256 g/mol. The minimum Gasteiger partial charge on any atom is -0.396 e. The number of primary amides is 1. The first-order chi connectivity index (χ1) is 8.04. The highest BCUT2D eigenvalue weighted by atomic mass is 32.2. The zero-order valence-corrected chi connectivity index (χ0v) is 11.2. The van der Waals surface area contributed by atoms with Crippen molar-refractivity contribution in [1.29, 1.82) is 0 Å². The van der Waals surface area contributed by atoms with Crippen molar-refractivity contribution < 1.29 is 4.79 Å². The van der Waals surface area contributed by atoms with E-state index < -0.39 is 5.91 Å². The summed E-state index contributed by atoms with van der Waals surface area (Å²) in [6, 6.07) is 0.199. The molecule has 0 saturated carbocycles. The average molecular weight is 272 g/mol. The van der Waals surface area contributed by atoms with E-state index in [4.69, 9.17) is 17.2 Å². The van der Waals surface area contributed by atoms with Crippen molar-refractivity contribution in [3.05, 3.63) is 4.88 Å². The summed E-state index contributed by atoms with van der Waals surface area (Å²) in [4.78, 5) is 14.9. The molecule has 17 heavy (non-hydrogen) atoms. The van der Waals surface area contributed by atoms with E-state index in [2.05, 4.69) is 4.90 Å². The van der Waals surface area contributed by atoms with Crippen LogP contribution in [0.1, 0.15) is 16.1 Å². The number of nitrogens with zero attached hydrogens (tertiary/aromatic N) is 1. The van der Waals surface area contributed by atoms with E-state index in [1.807, 2.05) is 6.26 Å². The molecule has 6 N–H and O–H groups in total. The summed E-state index contributed by atoms with van der Waals surface area (Å²) in [5.41, 5.74) is 17.7. The van der Waals surface area contributed by atoms with Crippen LogP contribution >= 0.6 is 23.1 Å². The van der Waals surface area contributed by atoms with Crippen LogP contribution in [0.4, 0.5) is 10.7 Å². The van der Waals surface area contributed by atoms with Gasteiger partial charge in [0.25, 0.3) is 5.91 Å². The highest BCUT2D eigenvalue weighted by Gasteiger charge is 2.27. The summed E-state index contributed by atoms with van der Waals surface area (Å²) in [6.07, 6.45) is 2.92. The van der Waals surface area contributed by atoms with Crippen molar-refractivity contribution in [2.24, 2.45) is 11.5 Å². The molecule has 2 rings (SSSR count). The minimum absolute atomic E-state index is 0.199. The molecule has 1 aromatic rings. The summed E-state index contributed by atoms with van der Waals surface area (Å²) in [5.74, 6) is -0.461. The lowest BCUT2D eigenvalue weighted by Crippen LogP contribution is -2.26. The molecule has 2 heterocycles. The summed E-state index contributed by atoms with van der Waals surface area (Å²) < 4.78 is 0. The molecule has 0 aliphatic carbocycles. The highest BCUT2D eigenvalue weighted by molar-refractivity contribution is 7.99. The van der Waals surface area contributed by atoms with Crippen molar-refractivity contribution in [3.8, 4) is 0 Å². The molecule has 7 heteroatoms. The maximum atomic E-state index is 11.3. The molecule has 0 aromatic carbocycles. The van der Waals surface area contributed by atoms with Crippen LogP contribution < -0.4 is 22.1 Å². The van der Waals surface area contributed by atoms with Crippen LogP contribution in [0.5, 0.6) is 0 Å². The Hall–Kier alpha value is -0.920. The Morgan fingerprint density at radius 2 is 2.29 bits per heavy atom. The predicted molar refractivity (Wildman–Crippen MR) is 73.8 cm³/mol. The van der Waals surface area contributed by atoms with Crippen LogP contribution in [0.2, 0.25) is 0 Å². The van der Waals surface area contributed by atoms with Crippen molar-refractivity contribution in [2.45, 2.75) is 17.4 Å². The van der Waals surface area contributed by atoms with Crippen LogP contribution in [0.15, 0.2) is 4.90 Å². The molecule has 5 nitrogen and oxygen atoms in total. The van der Waals surface area contributed by atoms with Gasteiger partial charge in [-0.05, 0) is 12.7 Å². The van der Waals surface area contributed by atoms with E-state index in [0.717, 1.165) is 29.4 Å². The third-order valence-corrected chi connectivity index (χ3v) is 5.05. The lowest BCUT2D eigenvalue weighted by molar-refractivity contribution is 0.100. The lowest BCUT2D eigenvalue weighted by atomic mass is 10.3. The minimum atomic E-state index is -0.461. The summed E-state index contributed by atoms with van der Waals surface area (Å²) >= 11 is 2.91. The molecule has 1 aliphatic heterocycles. The normalized spacial score (nSPS) is 19.9. The maximum Gasteiger partial charge on any atom is 0.261 e. The SMILES string of the molecule is CSc1c(N2CCC(N)C2)sc(C(N)=O)c1N. The second-order valence-corrected chi connectivity index (χ2v) is 5.86. The Balaban J connectivity index is 2.39. The standard InChI is InChI=1S/C10H16N4OS2/c1-16-8-6(12)7(9(13)15)17-10(8)14-3-2-5(11)4-14/h5H,2-4,11-12H2,1H3,(H2,13,15). The van der Waals surface area contributed by atoms with Crippen LogP contribution in [-0.4, -0.2) is 31.3 Å². The van der Waals surface area contributed by atoms with E-state index in [1.54, 1.807) is 11.8 Å². The number of thiophene rings is 1. The Labute approximate surface area is 108 Å². The van der Waals surface area contributed by atoms with Gasteiger partial charge in [0.15, 0.2) is 0 Å². The molecule has 0 radical (unpaired) electrons. The molecule has 1 saturated heterocycles. The number of rotatable bonds is 3.